The molecule has 1 unspecified atom stereocenters. The molecule has 1 aliphatic rings. The van der Waals surface area contributed by atoms with E-state index < -0.39 is 17.8 Å². The lowest BCUT2D eigenvalue weighted by molar-refractivity contribution is -0.138. The second-order valence-corrected chi connectivity index (χ2v) is 7.26. The Hall–Kier alpha value is -2.83. The molecule has 1 saturated heterocycles. The van der Waals surface area contributed by atoms with Crippen LogP contribution in [-0.2, 0) is 6.18 Å². The fraction of sp³-hybridized carbons (Fsp3) is 0.250. The highest BCUT2D eigenvalue weighted by molar-refractivity contribution is 5.42. The lowest BCUT2D eigenvalue weighted by atomic mass is 9.92. The van der Waals surface area contributed by atoms with Crippen LogP contribution in [-0.4, -0.2) is 31.1 Å². The minimum absolute atomic E-state index is 0.267. The number of alkyl halides is 3. The third kappa shape index (κ3) is 4.66. The highest BCUT2D eigenvalue weighted by Gasteiger charge is 2.37. The normalized spacial score (nSPS) is 16.2. The van der Waals surface area contributed by atoms with E-state index in [-0.39, 0.29) is 5.56 Å². The lowest BCUT2D eigenvalue weighted by Gasteiger charge is -2.36. The Bertz CT molecular complexity index is 969. The Balaban J connectivity index is 1.75. The van der Waals surface area contributed by atoms with Gasteiger partial charge in [0.05, 0.1) is 11.6 Å². The van der Waals surface area contributed by atoms with E-state index in [4.69, 9.17) is 4.74 Å². The first-order valence-electron chi connectivity index (χ1n) is 9.96. The van der Waals surface area contributed by atoms with E-state index in [1.165, 1.54) is 6.07 Å². The Morgan fingerprint density at radius 1 is 0.800 bits per heavy atom. The van der Waals surface area contributed by atoms with Crippen LogP contribution in [0.4, 0.5) is 13.2 Å². The molecule has 6 heteroatoms. The number of ether oxygens (including phenoxy) is 1. The molecule has 3 aromatic rings. The van der Waals surface area contributed by atoms with Gasteiger partial charge in [-0.05, 0) is 41.5 Å². The number of nitrogens with one attached hydrogen (secondary N) is 1. The summed E-state index contributed by atoms with van der Waals surface area (Å²) in [6, 6.07) is 22.1. The van der Waals surface area contributed by atoms with Gasteiger partial charge in [0.25, 0.3) is 0 Å². The average Bonchev–Trinajstić information content (AvgIpc) is 2.75. The minimum Gasteiger partial charge on any atom is -0.457 e. The summed E-state index contributed by atoms with van der Waals surface area (Å²) in [4.78, 5) is 2.10. The van der Waals surface area contributed by atoms with Crippen molar-refractivity contribution in [1.82, 2.24) is 10.2 Å². The van der Waals surface area contributed by atoms with E-state index in [1.54, 1.807) is 12.1 Å². The molecule has 1 N–H and O–H groups in total. The maximum atomic E-state index is 13.8. The van der Waals surface area contributed by atoms with Crippen molar-refractivity contribution in [2.75, 3.05) is 26.2 Å². The van der Waals surface area contributed by atoms with E-state index in [9.17, 15) is 13.2 Å². The average molecular weight is 412 g/mol. The van der Waals surface area contributed by atoms with E-state index in [2.05, 4.69) is 10.2 Å². The quantitative estimate of drug-likeness (QED) is 0.600. The molecule has 0 spiro atoms. The van der Waals surface area contributed by atoms with Crippen LogP contribution < -0.4 is 10.1 Å². The molecule has 1 aliphatic heterocycles. The minimum atomic E-state index is -4.42. The van der Waals surface area contributed by atoms with Gasteiger partial charge in [-0.3, -0.25) is 4.90 Å². The summed E-state index contributed by atoms with van der Waals surface area (Å²) in [6.45, 7) is 2.82. The predicted molar refractivity (Wildman–Crippen MR) is 111 cm³/mol. The van der Waals surface area contributed by atoms with E-state index in [0.717, 1.165) is 24.7 Å². The van der Waals surface area contributed by atoms with Crippen LogP contribution in [0.2, 0.25) is 0 Å². The number of halogens is 3. The summed E-state index contributed by atoms with van der Waals surface area (Å²) in [7, 11) is 0. The smallest absolute Gasteiger partial charge is 0.416 e. The Labute approximate surface area is 174 Å². The first-order valence-corrected chi connectivity index (χ1v) is 9.96. The zero-order valence-electron chi connectivity index (χ0n) is 16.4. The molecule has 0 amide bonds. The van der Waals surface area contributed by atoms with Crippen LogP contribution in [0, 0.1) is 0 Å². The van der Waals surface area contributed by atoms with Crippen LogP contribution in [0.15, 0.2) is 78.9 Å². The summed E-state index contributed by atoms with van der Waals surface area (Å²) >= 11 is 0. The number of hydrogen-bond donors (Lipinski definition) is 1. The van der Waals surface area contributed by atoms with Crippen LogP contribution in [0.1, 0.15) is 22.7 Å². The summed E-state index contributed by atoms with van der Waals surface area (Å²) in [5, 5.41) is 3.27. The molecule has 30 heavy (non-hydrogen) atoms. The second-order valence-electron chi connectivity index (χ2n) is 7.26. The predicted octanol–water partition coefficient (Wildman–Crippen LogP) is 5.49. The van der Waals surface area contributed by atoms with Gasteiger partial charge >= 0.3 is 6.18 Å². The number of benzene rings is 3. The van der Waals surface area contributed by atoms with Crippen molar-refractivity contribution in [2.45, 2.75) is 12.2 Å². The highest BCUT2D eigenvalue weighted by atomic mass is 19.4. The van der Waals surface area contributed by atoms with Gasteiger partial charge < -0.3 is 10.1 Å². The molecule has 1 heterocycles. The van der Waals surface area contributed by atoms with Crippen molar-refractivity contribution in [3.63, 3.8) is 0 Å². The van der Waals surface area contributed by atoms with Crippen molar-refractivity contribution in [2.24, 2.45) is 0 Å². The van der Waals surface area contributed by atoms with Crippen molar-refractivity contribution in [3.05, 3.63) is 95.6 Å². The van der Waals surface area contributed by atoms with Crippen molar-refractivity contribution in [3.8, 4) is 11.5 Å². The van der Waals surface area contributed by atoms with Gasteiger partial charge in [-0.2, -0.15) is 13.2 Å². The maximum absolute atomic E-state index is 13.8. The van der Waals surface area contributed by atoms with Gasteiger partial charge in [0.2, 0.25) is 0 Å². The van der Waals surface area contributed by atoms with Crippen molar-refractivity contribution < 1.29 is 17.9 Å². The van der Waals surface area contributed by atoms with Gasteiger partial charge in [0, 0.05) is 26.2 Å². The van der Waals surface area contributed by atoms with E-state index >= 15 is 0 Å². The monoisotopic (exact) mass is 412 g/mol. The summed E-state index contributed by atoms with van der Waals surface area (Å²) in [5.74, 6) is 1.28. The molecule has 0 radical (unpaired) electrons. The Kier molecular flexibility index (Phi) is 6.06. The van der Waals surface area contributed by atoms with Crippen LogP contribution in [0.3, 0.4) is 0 Å². The zero-order chi connectivity index (χ0) is 21.0. The van der Waals surface area contributed by atoms with Gasteiger partial charge in [0.1, 0.15) is 11.5 Å². The molecular weight excluding hydrogens is 389 g/mol. The first-order chi connectivity index (χ1) is 14.5. The largest absolute Gasteiger partial charge is 0.457 e. The highest BCUT2D eigenvalue weighted by Crippen LogP contribution is 2.40. The molecule has 3 nitrogen and oxygen atoms in total. The fourth-order valence-corrected chi connectivity index (χ4v) is 3.89. The number of piperazine rings is 1. The third-order valence-electron chi connectivity index (χ3n) is 5.23. The van der Waals surface area contributed by atoms with E-state index in [1.807, 2.05) is 54.6 Å². The zero-order valence-corrected chi connectivity index (χ0v) is 16.4. The molecule has 156 valence electrons. The van der Waals surface area contributed by atoms with Gasteiger partial charge in [0.15, 0.2) is 0 Å². The topological polar surface area (TPSA) is 24.5 Å². The fourth-order valence-electron chi connectivity index (χ4n) is 3.89. The molecule has 0 aliphatic carbocycles. The molecule has 1 fully saturated rings. The third-order valence-corrected chi connectivity index (χ3v) is 5.23. The Morgan fingerprint density at radius 3 is 2.20 bits per heavy atom. The van der Waals surface area contributed by atoms with Crippen LogP contribution in [0.5, 0.6) is 11.5 Å². The molecular formula is C24H23F3N2O. The van der Waals surface area contributed by atoms with E-state index in [0.29, 0.717) is 24.6 Å². The maximum Gasteiger partial charge on any atom is 0.416 e. The van der Waals surface area contributed by atoms with Crippen LogP contribution in [0.25, 0.3) is 0 Å². The lowest BCUT2D eigenvalue weighted by Crippen LogP contribution is -2.45. The first kappa shape index (κ1) is 20.4. The summed E-state index contributed by atoms with van der Waals surface area (Å²) < 4.78 is 47.3. The van der Waals surface area contributed by atoms with Crippen molar-refractivity contribution >= 4 is 0 Å². The molecule has 0 bridgehead atoms. The Morgan fingerprint density at radius 2 is 1.47 bits per heavy atom. The molecule has 0 saturated carbocycles. The molecule has 4 rings (SSSR count). The van der Waals surface area contributed by atoms with Gasteiger partial charge in [-0.25, -0.2) is 0 Å². The standard InChI is InChI=1S/C24H23F3N2O/c25-24(26,27)22-12-5-4-11-21(22)23(29-15-13-28-14-16-29)18-7-6-10-20(17-18)30-19-8-2-1-3-9-19/h1-12,17,23,28H,13-16H2. The number of nitrogens with zero attached hydrogens (tertiary/aromatic N) is 1. The SMILES string of the molecule is FC(F)(F)c1ccccc1C(c1cccc(Oc2ccccc2)c1)N1CCNCC1. The molecule has 3 aromatic carbocycles. The summed E-state index contributed by atoms with van der Waals surface area (Å²) in [6.07, 6.45) is -4.42. The van der Waals surface area contributed by atoms with Gasteiger partial charge in [-0.1, -0.05) is 48.5 Å². The number of para-hydroxylation sites is 1. The molecule has 0 aromatic heterocycles. The number of hydrogen-bond acceptors (Lipinski definition) is 3. The summed E-state index contributed by atoms with van der Waals surface area (Å²) in [5.41, 5.74) is 0.453. The van der Waals surface area contributed by atoms with Crippen molar-refractivity contribution in [1.29, 1.82) is 0 Å². The second kappa shape index (κ2) is 8.90. The van der Waals surface area contributed by atoms with Crippen LogP contribution >= 0.6 is 0 Å². The van der Waals surface area contributed by atoms with Gasteiger partial charge in [-0.15, -0.1) is 0 Å². The molecule has 1 atom stereocenters. The number of rotatable bonds is 5.